The van der Waals surface area contributed by atoms with Crippen LogP contribution < -0.4 is 11.4 Å². The van der Waals surface area contributed by atoms with Crippen LogP contribution in [0.15, 0.2) is 27.8 Å². The standard InChI is InChI=1S/C11H11N3O2/c1-6-3-4-8(7(2)5-6)9-12-10(15)14-11(16)13-9/h3-5H,1-2H3,(H2,12,13,14,15,16). The summed E-state index contributed by atoms with van der Waals surface area (Å²) in [7, 11) is 0. The van der Waals surface area contributed by atoms with Gasteiger partial charge in [-0.25, -0.2) is 9.59 Å². The molecule has 0 saturated carbocycles. The van der Waals surface area contributed by atoms with Crippen molar-refractivity contribution in [2.24, 2.45) is 0 Å². The highest BCUT2D eigenvalue weighted by Gasteiger charge is 2.05. The molecule has 0 atom stereocenters. The van der Waals surface area contributed by atoms with Crippen molar-refractivity contribution in [3.63, 3.8) is 0 Å². The second kappa shape index (κ2) is 3.77. The van der Waals surface area contributed by atoms with Gasteiger partial charge in [0, 0.05) is 5.56 Å². The largest absolute Gasteiger partial charge is 0.351 e. The van der Waals surface area contributed by atoms with E-state index in [1.54, 1.807) is 0 Å². The summed E-state index contributed by atoms with van der Waals surface area (Å²) in [4.78, 5) is 30.5. The minimum absolute atomic E-state index is 0.297. The SMILES string of the molecule is Cc1ccc(-c2nc(=O)[nH]c(=O)[nH]2)c(C)c1. The van der Waals surface area contributed by atoms with E-state index in [9.17, 15) is 9.59 Å². The summed E-state index contributed by atoms with van der Waals surface area (Å²) in [5, 5.41) is 0. The van der Waals surface area contributed by atoms with Gasteiger partial charge >= 0.3 is 11.4 Å². The van der Waals surface area contributed by atoms with Gasteiger partial charge in [0.05, 0.1) is 0 Å². The lowest BCUT2D eigenvalue weighted by Gasteiger charge is -2.04. The van der Waals surface area contributed by atoms with Gasteiger partial charge in [-0.3, -0.25) is 9.97 Å². The van der Waals surface area contributed by atoms with E-state index in [-0.39, 0.29) is 0 Å². The third kappa shape index (κ3) is 1.93. The van der Waals surface area contributed by atoms with Crippen LogP contribution in [0.25, 0.3) is 11.4 Å². The first-order valence-corrected chi connectivity index (χ1v) is 4.84. The number of hydrogen-bond acceptors (Lipinski definition) is 3. The maximum Gasteiger partial charge on any atom is 0.351 e. The molecule has 16 heavy (non-hydrogen) atoms. The maximum atomic E-state index is 11.1. The van der Waals surface area contributed by atoms with E-state index in [0.717, 1.165) is 16.7 Å². The molecule has 2 rings (SSSR count). The third-order valence-electron chi connectivity index (χ3n) is 2.30. The first-order chi connectivity index (χ1) is 7.56. The summed E-state index contributed by atoms with van der Waals surface area (Å²) in [6, 6.07) is 5.71. The number of aromatic nitrogens is 3. The van der Waals surface area contributed by atoms with Gasteiger partial charge in [0.1, 0.15) is 5.82 Å². The number of rotatable bonds is 1. The van der Waals surface area contributed by atoms with Crippen molar-refractivity contribution in [1.82, 2.24) is 15.0 Å². The summed E-state index contributed by atoms with van der Waals surface area (Å²) >= 11 is 0. The lowest BCUT2D eigenvalue weighted by atomic mass is 10.1. The summed E-state index contributed by atoms with van der Waals surface area (Å²) in [5.74, 6) is 0.297. The Bertz CT molecular complexity index is 612. The van der Waals surface area contributed by atoms with Gasteiger partial charge in [0.25, 0.3) is 0 Å². The van der Waals surface area contributed by atoms with Gasteiger partial charge in [0.2, 0.25) is 0 Å². The number of nitrogens with one attached hydrogen (secondary N) is 2. The zero-order valence-corrected chi connectivity index (χ0v) is 9.00. The Kier molecular flexibility index (Phi) is 2.44. The average Bonchev–Trinajstić information content (AvgIpc) is 2.15. The van der Waals surface area contributed by atoms with Crippen LogP contribution >= 0.6 is 0 Å². The number of aryl methyl sites for hydroxylation is 2. The van der Waals surface area contributed by atoms with Crippen LogP contribution in [0.2, 0.25) is 0 Å². The van der Waals surface area contributed by atoms with Crippen LogP contribution in [0.5, 0.6) is 0 Å². The van der Waals surface area contributed by atoms with Crippen molar-refractivity contribution in [3.05, 3.63) is 50.3 Å². The van der Waals surface area contributed by atoms with Crippen LogP contribution in [0, 0.1) is 13.8 Å². The van der Waals surface area contributed by atoms with Gasteiger partial charge in [-0.05, 0) is 19.4 Å². The molecule has 5 heteroatoms. The first-order valence-electron chi connectivity index (χ1n) is 4.84. The number of H-pyrrole nitrogens is 2. The van der Waals surface area contributed by atoms with Crippen molar-refractivity contribution < 1.29 is 0 Å². The van der Waals surface area contributed by atoms with E-state index in [1.807, 2.05) is 37.0 Å². The lowest BCUT2D eigenvalue weighted by Crippen LogP contribution is -2.25. The minimum Gasteiger partial charge on any atom is -0.291 e. The van der Waals surface area contributed by atoms with Crippen molar-refractivity contribution in [3.8, 4) is 11.4 Å². The van der Waals surface area contributed by atoms with E-state index in [2.05, 4.69) is 9.97 Å². The monoisotopic (exact) mass is 217 g/mol. The molecule has 2 aromatic rings. The molecule has 0 amide bonds. The molecule has 0 unspecified atom stereocenters. The molecule has 1 aromatic carbocycles. The molecule has 5 nitrogen and oxygen atoms in total. The number of aromatic amines is 2. The van der Waals surface area contributed by atoms with Gasteiger partial charge in [-0.1, -0.05) is 23.8 Å². The highest BCUT2D eigenvalue weighted by Crippen LogP contribution is 2.18. The minimum atomic E-state index is -0.640. The van der Waals surface area contributed by atoms with E-state index in [4.69, 9.17) is 0 Å². The summed E-state index contributed by atoms with van der Waals surface area (Å²) in [6.07, 6.45) is 0. The fraction of sp³-hybridized carbons (Fsp3) is 0.182. The molecule has 1 aromatic heterocycles. The highest BCUT2D eigenvalue weighted by atomic mass is 16.2. The fourth-order valence-corrected chi connectivity index (χ4v) is 1.60. The second-order valence-corrected chi connectivity index (χ2v) is 3.66. The highest BCUT2D eigenvalue weighted by molar-refractivity contribution is 5.59. The zero-order valence-electron chi connectivity index (χ0n) is 9.00. The van der Waals surface area contributed by atoms with Crippen LogP contribution in [0.4, 0.5) is 0 Å². The normalized spacial score (nSPS) is 10.4. The smallest absolute Gasteiger partial charge is 0.291 e. The molecule has 82 valence electrons. The van der Waals surface area contributed by atoms with E-state index >= 15 is 0 Å². The Hall–Kier alpha value is -2.17. The van der Waals surface area contributed by atoms with Crippen molar-refractivity contribution in [2.75, 3.05) is 0 Å². The zero-order chi connectivity index (χ0) is 11.7. The van der Waals surface area contributed by atoms with Crippen LogP contribution in [0.3, 0.4) is 0 Å². The number of benzene rings is 1. The third-order valence-corrected chi connectivity index (χ3v) is 2.30. The lowest BCUT2D eigenvalue weighted by molar-refractivity contribution is 0.941. The Balaban J connectivity index is 2.67. The maximum absolute atomic E-state index is 11.1. The Labute approximate surface area is 91.2 Å². The average molecular weight is 217 g/mol. The predicted molar refractivity (Wildman–Crippen MR) is 60.4 cm³/mol. The van der Waals surface area contributed by atoms with E-state index in [0.29, 0.717) is 5.82 Å². The molecule has 0 bridgehead atoms. The molecule has 0 aliphatic rings. The molecule has 0 spiro atoms. The number of hydrogen-bond donors (Lipinski definition) is 2. The van der Waals surface area contributed by atoms with Crippen molar-refractivity contribution >= 4 is 0 Å². The molecule has 0 fully saturated rings. The van der Waals surface area contributed by atoms with Crippen molar-refractivity contribution in [1.29, 1.82) is 0 Å². The number of nitrogens with zero attached hydrogens (tertiary/aromatic N) is 1. The molecule has 1 heterocycles. The molecule has 0 saturated heterocycles. The molecular formula is C11H11N3O2. The molecular weight excluding hydrogens is 206 g/mol. The molecule has 0 radical (unpaired) electrons. The van der Waals surface area contributed by atoms with Crippen LogP contribution in [-0.2, 0) is 0 Å². The van der Waals surface area contributed by atoms with Crippen LogP contribution in [0.1, 0.15) is 11.1 Å². The van der Waals surface area contributed by atoms with E-state index in [1.165, 1.54) is 0 Å². The van der Waals surface area contributed by atoms with Crippen LogP contribution in [-0.4, -0.2) is 15.0 Å². The quantitative estimate of drug-likeness (QED) is 0.739. The Morgan fingerprint density at radius 2 is 1.88 bits per heavy atom. The van der Waals surface area contributed by atoms with Gasteiger partial charge in [-0.15, -0.1) is 0 Å². The summed E-state index contributed by atoms with van der Waals surface area (Å²) in [6.45, 7) is 3.88. The fourth-order valence-electron chi connectivity index (χ4n) is 1.60. The summed E-state index contributed by atoms with van der Waals surface area (Å²) in [5.41, 5.74) is 1.66. The molecule has 0 aliphatic carbocycles. The van der Waals surface area contributed by atoms with Gasteiger partial charge in [0.15, 0.2) is 0 Å². The Morgan fingerprint density at radius 1 is 1.12 bits per heavy atom. The summed E-state index contributed by atoms with van der Waals surface area (Å²) < 4.78 is 0. The van der Waals surface area contributed by atoms with Gasteiger partial charge in [-0.2, -0.15) is 4.98 Å². The second-order valence-electron chi connectivity index (χ2n) is 3.66. The van der Waals surface area contributed by atoms with Crippen molar-refractivity contribution in [2.45, 2.75) is 13.8 Å². The topological polar surface area (TPSA) is 78.6 Å². The molecule has 2 N–H and O–H groups in total. The van der Waals surface area contributed by atoms with Gasteiger partial charge < -0.3 is 0 Å². The van der Waals surface area contributed by atoms with E-state index < -0.39 is 11.4 Å². The molecule has 0 aliphatic heterocycles. The Morgan fingerprint density at radius 3 is 2.50 bits per heavy atom. The first kappa shape index (κ1) is 10.4. The predicted octanol–water partition coefficient (Wildman–Crippen LogP) is 0.742.